The van der Waals surface area contributed by atoms with E-state index in [0.717, 1.165) is 0 Å². The molecule has 1 atom stereocenters. The number of ether oxygens (including phenoxy) is 2. The molecule has 2 rings (SSSR count). The van der Waals surface area contributed by atoms with Gasteiger partial charge in [-0.15, -0.1) is 0 Å². The Kier molecular flexibility index (Phi) is 1.26. The Labute approximate surface area is 92.5 Å². The van der Waals surface area contributed by atoms with Crippen molar-refractivity contribution in [1.29, 1.82) is 0 Å². The van der Waals surface area contributed by atoms with Gasteiger partial charge in [-0.2, -0.15) is 0 Å². The third-order valence-electron chi connectivity index (χ3n) is 2.05. The average Bonchev–Trinajstić information content (AvgIpc) is 2.72. The van der Waals surface area contributed by atoms with Crippen LogP contribution in [-0.2, 0) is 6.42 Å². The van der Waals surface area contributed by atoms with E-state index in [0.29, 0.717) is 17.1 Å². The molecular weight excluding hydrogens is 178 g/mol. The van der Waals surface area contributed by atoms with Crippen molar-refractivity contribution in [3.63, 3.8) is 0 Å². The van der Waals surface area contributed by atoms with Crippen LogP contribution in [0.4, 0.5) is 0 Å². The van der Waals surface area contributed by atoms with Gasteiger partial charge in [0.15, 0.2) is 11.5 Å². The number of rotatable bonds is 3. The number of hydrogen-bond acceptors (Lipinski definition) is 3. The maximum atomic E-state index is 7.44. The van der Waals surface area contributed by atoms with Crippen molar-refractivity contribution in [3.8, 4) is 11.5 Å². The molecule has 1 unspecified atom stereocenters. The highest BCUT2D eigenvalue weighted by Gasteiger charge is 2.13. The summed E-state index contributed by atoms with van der Waals surface area (Å²) in [6.07, 6.45) is 0.0610. The van der Waals surface area contributed by atoms with Gasteiger partial charge in [-0.05, 0) is 37.9 Å². The Balaban J connectivity index is 2.15. The molecule has 0 aromatic heterocycles. The standard InChI is InChI=1S/C11H15NO2/c1-8(12-2)5-9-3-4-10-11(6-9)14-7-13-10/h3-4,6,8,12H,5,7H2,1-2H3/i1D3,2D3. The summed E-state index contributed by atoms with van der Waals surface area (Å²) in [5.74, 6) is 1.14. The Morgan fingerprint density at radius 3 is 3.29 bits per heavy atom. The first-order valence-electron chi connectivity index (χ1n) is 7.31. The van der Waals surface area contributed by atoms with Gasteiger partial charge >= 0.3 is 0 Å². The molecule has 14 heavy (non-hydrogen) atoms. The van der Waals surface area contributed by atoms with Crippen molar-refractivity contribution in [2.75, 3.05) is 13.8 Å². The summed E-state index contributed by atoms with van der Waals surface area (Å²) in [5.41, 5.74) is 0.673. The normalized spacial score (nSPS) is 23.7. The van der Waals surface area contributed by atoms with Crippen LogP contribution < -0.4 is 14.8 Å². The second-order valence-corrected chi connectivity index (χ2v) is 3.09. The van der Waals surface area contributed by atoms with Gasteiger partial charge in [0.05, 0.1) is 0 Å². The molecule has 0 saturated carbocycles. The van der Waals surface area contributed by atoms with Crippen LogP contribution in [0.1, 0.15) is 20.6 Å². The maximum Gasteiger partial charge on any atom is 0.231 e. The van der Waals surface area contributed by atoms with Gasteiger partial charge in [0.2, 0.25) is 6.79 Å². The lowest BCUT2D eigenvalue weighted by atomic mass is 10.1. The fourth-order valence-corrected chi connectivity index (χ4v) is 1.35. The smallest absolute Gasteiger partial charge is 0.231 e. The summed E-state index contributed by atoms with van der Waals surface area (Å²) < 4.78 is 54.2. The lowest BCUT2D eigenvalue weighted by Crippen LogP contribution is -2.23. The molecule has 1 aliphatic heterocycles. The van der Waals surface area contributed by atoms with Gasteiger partial charge in [-0.3, -0.25) is 0 Å². The van der Waals surface area contributed by atoms with Crippen molar-refractivity contribution < 1.29 is 17.7 Å². The lowest BCUT2D eigenvalue weighted by Gasteiger charge is -2.09. The van der Waals surface area contributed by atoms with Crippen LogP contribution in [0.5, 0.6) is 11.5 Å². The largest absolute Gasteiger partial charge is 0.454 e. The van der Waals surface area contributed by atoms with E-state index in [1.54, 1.807) is 18.2 Å². The predicted molar refractivity (Wildman–Crippen MR) is 54.8 cm³/mol. The average molecular weight is 199 g/mol. The SMILES string of the molecule is [2H]C([2H])([2H])NC(Cc1ccc2c(c1)OCO2)C([2H])([2H])[2H]. The number of fused-ring (bicyclic) bond motifs is 1. The van der Waals surface area contributed by atoms with Gasteiger partial charge in [-0.1, -0.05) is 6.07 Å². The first-order chi connectivity index (χ1) is 9.15. The molecule has 0 spiro atoms. The molecule has 3 nitrogen and oxygen atoms in total. The van der Waals surface area contributed by atoms with Crippen LogP contribution in [0.3, 0.4) is 0 Å². The highest BCUT2D eigenvalue weighted by molar-refractivity contribution is 5.44. The number of hydrogen-bond donors (Lipinski definition) is 1. The lowest BCUT2D eigenvalue weighted by molar-refractivity contribution is 0.174. The van der Waals surface area contributed by atoms with Crippen LogP contribution in [0.15, 0.2) is 18.2 Å². The molecule has 76 valence electrons. The third-order valence-corrected chi connectivity index (χ3v) is 2.05. The van der Waals surface area contributed by atoms with E-state index in [1.807, 2.05) is 0 Å². The fraction of sp³-hybridized carbons (Fsp3) is 0.455. The van der Waals surface area contributed by atoms with Crippen molar-refractivity contribution >= 4 is 0 Å². The van der Waals surface area contributed by atoms with Gasteiger partial charge in [0.1, 0.15) is 0 Å². The van der Waals surface area contributed by atoms with Gasteiger partial charge in [-0.25, -0.2) is 0 Å². The molecule has 0 bridgehead atoms. The van der Waals surface area contributed by atoms with E-state index >= 15 is 0 Å². The minimum atomic E-state index is -2.50. The summed E-state index contributed by atoms with van der Waals surface area (Å²) >= 11 is 0. The summed E-state index contributed by atoms with van der Waals surface area (Å²) in [6.45, 7) is -4.78. The highest BCUT2D eigenvalue weighted by Crippen LogP contribution is 2.32. The molecule has 0 radical (unpaired) electrons. The second kappa shape index (κ2) is 3.88. The molecule has 0 saturated heterocycles. The third kappa shape index (κ3) is 1.82. The molecule has 1 aromatic carbocycles. The monoisotopic (exact) mass is 199 g/mol. The zero-order valence-corrected chi connectivity index (χ0v) is 7.54. The van der Waals surface area contributed by atoms with E-state index in [4.69, 9.17) is 17.7 Å². The van der Waals surface area contributed by atoms with E-state index in [-0.39, 0.29) is 13.2 Å². The summed E-state index contributed by atoms with van der Waals surface area (Å²) in [6, 6.07) is 3.90. The molecule has 0 aliphatic carbocycles. The van der Waals surface area contributed by atoms with Crippen molar-refractivity contribution in [3.05, 3.63) is 23.8 Å². The minimum absolute atomic E-state index is 0.0610. The minimum Gasteiger partial charge on any atom is -0.454 e. The first-order valence-corrected chi connectivity index (χ1v) is 4.31. The van der Waals surface area contributed by atoms with E-state index in [2.05, 4.69) is 5.32 Å². The fourth-order valence-electron chi connectivity index (χ4n) is 1.35. The van der Waals surface area contributed by atoms with Crippen LogP contribution in [-0.4, -0.2) is 19.8 Å². The summed E-state index contributed by atoms with van der Waals surface area (Å²) in [4.78, 5) is 0. The zero-order chi connectivity index (χ0) is 15.0. The molecule has 1 aliphatic rings. The van der Waals surface area contributed by atoms with Gasteiger partial charge in [0, 0.05) is 14.3 Å². The van der Waals surface area contributed by atoms with Crippen LogP contribution in [0.2, 0.25) is 0 Å². The zero-order valence-electron chi connectivity index (χ0n) is 13.5. The first kappa shape index (κ1) is 4.53. The molecule has 1 aromatic rings. The van der Waals surface area contributed by atoms with Gasteiger partial charge < -0.3 is 14.8 Å². The summed E-state index contributed by atoms with van der Waals surface area (Å²) in [7, 11) is 0. The Bertz CT molecular complexity index is 485. The van der Waals surface area contributed by atoms with Crippen molar-refractivity contribution in [2.45, 2.75) is 19.3 Å². The highest BCUT2D eigenvalue weighted by atomic mass is 16.7. The Morgan fingerprint density at radius 2 is 2.43 bits per heavy atom. The van der Waals surface area contributed by atoms with Gasteiger partial charge in [0.25, 0.3) is 0 Å². The van der Waals surface area contributed by atoms with E-state index in [1.165, 1.54) is 0 Å². The number of nitrogens with one attached hydrogen (secondary N) is 1. The quantitative estimate of drug-likeness (QED) is 0.801. The predicted octanol–water partition coefficient (Wildman–Crippen LogP) is 1.57. The molecule has 0 fully saturated rings. The second-order valence-electron chi connectivity index (χ2n) is 3.09. The van der Waals surface area contributed by atoms with Crippen molar-refractivity contribution in [2.24, 2.45) is 0 Å². The maximum absolute atomic E-state index is 7.44. The Morgan fingerprint density at radius 1 is 1.50 bits per heavy atom. The number of benzene rings is 1. The number of likely N-dealkylation sites (N-methyl/N-ethyl adjacent to an activating group) is 1. The van der Waals surface area contributed by atoms with Crippen molar-refractivity contribution in [1.82, 2.24) is 5.32 Å². The van der Waals surface area contributed by atoms with E-state index in [9.17, 15) is 0 Å². The van der Waals surface area contributed by atoms with E-state index < -0.39 is 19.9 Å². The Hall–Kier alpha value is -1.22. The van der Waals surface area contributed by atoms with Crippen LogP contribution >= 0.6 is 0 Å². The van der Waals surface area contributed by atoms with Crippen LogP contribution in [0, 0.1) is 0 Å². The molecular formula is C11H15NO2. The molecule has 3 heteroatoms. The molecule has 1 N–H and O–H groups in total. The van der Waals surface area contributed by atoms with Crippen LogP contribution in [0.25, 0.3) is 0 Å². The summed E-state index contributed by atoms with van der Waals surface area (Å²) in [5, 5.41) is 2.18. The topological polar surface area (TPSA) is 30.5 Å². The molecule has 0 amide bonds. The molecule has 1 heterocycles.